The first-order valence-corrected chi connectivity index (χ1v) is 13.7. The van der Waals surface area contributed by atoms with Crippen LogP contribution in [0.25, 0.3) is 0 Å². The predicted molar refractivity (Wildman–Crippen MR) is 151 cm³/mol. The van der Waals surface area contributed by atoms with Crippen molar-refractivity contribution in [1.29, 1.82) is 0 Å². The second-order valence-electron chi connectivity index (χ2n) is 11.1. The number of carbonyl (C=O) groups excluding carboxylic acids is 2. The molecule has 2 atom stereocenters. The van der Waals surface area contributed by atoms with Crippen molar-refractivity contribution in [3.05, 3.63) is 59.7 Å². The topological polar surface area (TPSA) is 71.1 Å². The largest absolute Gasteiger partial charge is 0.493 e. The zero-order valence-electron chi connectivity index (χ0n) is 22.8. The van der Waals surface area contributed by atoms with Gasteiger partial charge in [0.1, 0.15) is 11.4 Å². The van der Waals surface area contributed by atoms with E-state index in [1.807, 2.05) is 69.3 Å². The van der Waals surface area contributed by atoms with Crippen molar-refractivity contribution in [2.75, 3.05) is 19.7 Å². The Morgan fingerprint density at radius 3 is 2.35 bits per heavy atom. The van der Waals surface area contributed by atoms with Crippen LogP contribution in [-0.4, -0.2) is 53.3 Å². The Morgan fingerprint density at radius 2 is 1.73 bits per heavy atom. The predicted octanol–water partition coefficient (Wildman–Crippen LogP) is 5.33. The molecule has 0 spiro atoms. The van der Waals surface area contributed by atoms with Crippen LogP contribution < -0.4 is 15.4 Å². The number of likely N-dealkylation sites (tertiary alicyclic amines) is 1. The molecule has 8 heteroatoms. The van der Waals surface area contributed by atoms with Gasteiger partial charge in [-0.3, -0.25) is 0 Å². The molecule has 7 nitrogen and oxygen atoms in total. The van der Waals surface area contributed by atoms with Gasteiger partial charge in [-0.05, 0) is 68.1 Å². The van der Waals surface area contributed by atoms with Crippen LogP contribution in [0.3, 0.4) is 0 Å². The fourth-order valence-corrected chi connectivity index (χ4v) is 4.35. The van der Waals surface area contributed by atoms with Gasteiger partial charge in [0.2, 0.25) is 0 Å². The summed E-state index contributed by atoms with van der Waals surface area (Å²) in [6.07, 6.45) is 1.42. The molecule has 0 saturated carbocycles. The fourth-order valence-electron chi connectivity index (χ4n) is 4.16. The van der Waals surface area contributed by atoms with E-state index in [-0.39, 0.29) is 18.2 Å². The lowest BCUT2D eigenvalue weighted by molar-refractivity contribution is 0.0203. The Hall–Kier alpha value is -2.79. The lowest BCUT2D eigenvalue weighted by atomic mass is 10.1. The standard InChI is InChI=1S/C29H42N3O4P/c1-21(2)20-35-25-12-8-22(9-13-25)17-30-27(33)31(18-23-10-14-26(37)15-11-23)19-24-7-6-16-32(24)28(34)36-29(3,4)5/h8-15,21,24H,6-7,16-20,37H2,1-5H3,(H,30,33)/t24-/m0/s1. The Bertz CT molecular complexity index is 1020. The van der Waals surface area contributed by atoms with Crippen LogP contribution in [0.2, 0.25) is 0 Å². The molecular weight excluding hydrogens is 485 g/mol. The highest BCUT2D eigenvalue weighted by molar-refractivity contribution is 7.27. The van der Waals surface area contributed by atoms with Crippen LogP contribution in [0.1, 0.15) is 58.6 Å². The number of benzene rings is 2. The third kappa shape index (κ3) is 9.55. The van der Waals surface area contributed by atoms with E-state index >= 15 is 0 Å². The van der Waals surface area contributed by atoms with E-state index in [0.29, 0.717) is 38.7 Å². The number of carbonyl (C=O) groups is 2. The Morgan fingerprint density at radius 1 is 1.08 bits per heavy atom. The zero-order chi connectivity index (χ0) is 27.0. The van der Waals surface area contributed by atoms with Crippen molar-refractivity contribution in [2.24, 2.45) is 5.92 Å². The Balaban J connectivity index is 1.67. The summed E-state index contributed by atoms with van der Waals surface area (Å²) < 4.78 is 11.4. The number of ether oxygens (including phenoxy) is 2. The molecule has 1 aliphatic heterocycles. The summed E-state index contributed by atoms with van der Waals surface area (Å²) in [6.45, 7) is 12.5. The average molecular weight is 528 g/mol. The molecule has 0 aliphatic carbocycles. The van der Waals surface area contributed by atoms with Gasteiger partial charge in [-0.2, -0.15) is 0 Å². The van der Waals surface area contributed by atoms with Gasteiger partial charge < -0.3 is 24.6 Å². The Labute approximate surface area is 224 Å². The van der Waals surface area contributed by atoms with Crippen LogP contribution in [0.4, 0.5) is 9.59 Å². The van der Waals surface area contributed by atoms with Crippen molar-refractivity contribution >= 4 is 26.7 Å². The van der Waals surface area contributed by atoms with E-state index in [1.165, 1.54) is 0 Å². The van der Waals surface area contributed by atoms with Crippen molar-refractivity contribution in [1.82, 2.24) is 15.1 Å². The molecule has 2 aromatic rings. The molecule has 3 rings (SSSR count). The van der Waals surface area contributed by atoms with E-state index in [1.54, 1.807) is 9.80 Å². The third-order valence-corrected chi connectivity index (χ3v) is 6.41. The van der Waals surface area contributed by atoms with Gasteiger partial charge in [0.25, 0.3) is 0 Å². The Kier molecular flexibility index (Phi) is 10.2. The van der Waals surface area contributed by atoms with E-state index in [0.717, 1.165) is 35.0 Å². The van der Waals surface area contributed by atoms with E-state index < -0.39 is 5.60 Å². The first-order valence-electron chi connectivity index (χ1n) is 13.1. The number of rotatable bonds is 9. The molecule has 202 valence electrons. The monoisotopic (exact) mass is 527 g/mol. The first-order chi connectivity index (χ1) is 17.5. The summed E-state index contributed by atoms with van der Waals surface area (Å²) >= 11 is 0. The summed E-state index contributed by atoms with van der Waals surface area (Å²) in [6, 6.07) is 15.6. The minimum atomic E-state index is -0.559. The average Bonchev–Trinajstić information content (AvgIpc) is 3.30. The summed E-state index contributed by atoms with van der Waals surface area (Å²) in [5.41, 5.74) is 1.47. The smallest absolute Gasteiger partial charge is 0.410 e. The number of amides is 3. The SMILES string of the molecule is CC(C)COc1ccc(CNC(=O)N(Cc2ccc(P)cc2)C[C@@H]2CCCN2C(=O)OC(C)(C)C)cc1. The zero-order valence-corrected chi connectivity index (χ0v) is 24.0. The molecule has 1 N–H and O–H groups in total. The number of hydrogen-bond acceptors (Lipinski definition) is 4. The number of urea groups is 1. The normalized spacial score (nSPS) is 15.5. The van der Waals surface area contributed by atoms with Crippen molar-refractivity contribution in [3.63, 3.8) is 0 Å². The maximum atomic E-state index is 13.4. The fraction of sp³-hybridized carbons (Fsp3) is 0.517. The highest BCUT2D eigenvalue weighted by Gasteiger charge is 2.34. The number of hydrogen-bond donors (Lipinski definition) is 1. The summed E-state index contributed by atoms with van der Waals surface area (Å²) in [7, 11) is 2.68. The second kappa shape index (κ2) is 13.1. The van der Waals surface area contributed by atoms with Crippen molar-refractivity contribution in [2.45, 2.75) is 72.2 Å². The van der Waals surface area contributed by atoms with Gasteiger partial charge >= 0.3 is 12.1 Å². The van der Waals surface area contributed by atoms with Crippen LogP contribution in [0.15, 0.2) is 48.5 Å². The molecule has 1 unspecified atom stereocenters. The quantitative estimate of drug-likeness (QED) is 0.448. The second-order valence-corrected chi connectivity index (χ2v) is 11.8. The number of nitrogens with one attached hydrogen (secondary N) is 1. The van der Waals surface area contributed by atoms with E-state index in [2.05, 4.69) is 28.4 Å². The lowest BCUT2D eigenvalue weighted by Crippen LogP contribution is -2.48. The molecule has 3 amide bonds. The number of nitrogens with zero attached hydrogens (tertiary/aromatic N) is 2. The summed E-state index contributed by atoms with van der Waals surface area (Å²) in [5, 5.41) is 4.15. The maximum Gasteiger partial charge on any atom is 0.410 e. The maximum absolute atomic E-state index is 13.4. The van der Waals surface area contributed by atoms with Crippen LogP contribution in [0, 0.1) is 5.92 Å². The van der Waals surface area contributed by atoms with Gasteiger partial charge in [0.15, 0.2) is 0 Å². The van der Waals surface area contributed by atoms with Crippen LogP contribution in [0.5, 0.6) is 5.75 Å². The molecule has 1 aliphatic rings. The van der Waals surface area contributed by atoms with Gasteiger partial charge in [-0.15, -0.1) is 9.24 Å². The van der Waals surface area contributed by atoms with Crippen molar-refractivity contribution in [3.8, 4) is 5.75 Å². The van der Waals surface area contributed by atoms with Gasteiger partial charge in [-0.1, -0.05) is 50.2 Å². The van der Waals surface area contributed by atoms with Crippen LogP contribution >= 0.6 is 9.24 Å². The molecule has 0 radical (unpaired) electrons. The van der Waals surface area contributed by atoms with Gasteiger partial charge in [0, 0.05) is 26.2 Å². The van der Waals surface area contributed by atoms with Crippen molar-refractivity contribution < 1.29 is 19.1 Å². The van der Waals surface area contributed by atoms with E-state index in [4.69, 9.17) is 9.47 Å². The lowest BCUT2D eigenvalue weighted by Gasteiger charge is -2.32. The first kappa shape index (κ1) is 28.8. The minimum absolute atomic E-state index is 0.0843. The summed E-state index contributed by atoms with van der Waals surface area (Å²) in [5.74, 6) is 1.29. The highest BCUT2D eigenvalue weighted by atomic mass is 31.0. The van der Waals surface area contributed by atoms with E-state index in [9.17, 15) is 9.59 Å². The molecule has 0 bridgehead atoms. The summed E-state index contributed by atoms with van der Waals surface area (Å²) in [4.78, 5) is 29.8. The molecule has 1 saturated heterocycles. The van der Waals surface area contributed by atoms with Crippen LogP contribution in [-0.2, 0) is 17.8 Å². The third-order valence-electron chi connectivity index (χ3n) is 6.03. The van der Waals surface area contributed by atoms with Gasteiger partial charge in [-0.25, -0.2) is 9.59 Å². The minimum Gasteiger partial charge on any atom is -0.493 e. The highest BCUT2D eigenvalue weighted by Crippen LogP contribution is 2.23. The molecule has 0 aromatic heterocycles. The van der Waals surface area contributed by atoms with Gasteiger partial charge in [0.05, 0.1) is 12.6 Å². The molecular formula is C29H42N3O4P. The molecule has 1 fully saturated rings. The molecule has 2 aromatic carbocycles. The molecule has 37 heavy (non-hydrogen) atoms. The molecule has 1 heterocycles.